The van der Waals surface area contributed by atoms with E-state index in [1.165, 1.54) is 5.56 Å². The minimum absolute atomic E-state index is 0.231. The fourth-order valence-corrected chi connectivity index (χ4v) is 4.30. The normalized spacial score (nSPS) is 25.7. The number of hydrogen-bond acceptors (Lipinski definition) is 3. The van der Waals surface area contributed by atoms with Gasteiger partial charge in [-0.1, -0.05) is 51.1 Å². The SMILES string of the molecule is CC(C)(C)[Si](C)(C)O[C@H]1C[C@H](N)C[C@H]1COCc1ccccc1. The second-order valence-corrected chi connectivity index (χ2v) is 13.2. The van der Waals surface area contributed by atoms with E-state index in [0.717, 1.165) is 19.4 Å². The van der Waals surface area contributed by atoms with Gasteiger partial charge in [0.25, 0.3) is 0 Å². The average molecular weight is 336 g/mol. The molecule has 0 spiro atoms. The molecule has 1 fully saturated rings. The van der Waals surface area contributed by atoms with Gasteiger partial charge < -0.3 is 14.9 Å². The van der Waals surface area contributed by atoms with E-state index < -0.39 is 8.32 Å². The van der Waals surface area contributed by atoms with Crippen molar-refractivity contribution >= 4 is 8.32 Å². The van der Waals surface area contributed by atoms with Crippen LogP contribution in [0.15, 0.2) is 30.3 Å². The first-order valence-corrected chi connectivity index (χ1v) is 11.6. The molecular weight excluding hydrogens is 302 g/mol. The fourth-order valence-electron chi connectivity index (χ4n) is 2.91. The van der Waals surface area contributed by atoms with Crippen LogP contribution in [-0.4, -0.2) is 27.1 Å². The van der Waals surface area contributed by atoms with Gasteiger partial charge in [0.15, 0.2) is 8.32 Å². The summed E-state index contributed by atoms with van der Waals surface area (Å²) in [6, 6.07) is 10.6. The molecule has 2 rings (SSSR count). The molecule has 1 aliphatic carbocycles. The Balaban J connectivity index is 1.89. The van der Waals surface area contributed by atoms with E-state index in [2.05, 4.69) is 46.0 Å². The van der Waals surface area contributed by atoms with Crippen LogP contribution in [0.2, 0.25) is 18.1 Å². The topological polar surface area (TPSA) is 44.5 Å². The van der Waals surface area contributed by atoms with Gasteiger partial charge in [-0.3, -0.25) is 0 Å². The van der Waals surface area contributed by atoms with Gasteiger partial charge in [0, 0.05) is 12.0 Å². The molecule has 3 nitrogen and oxygen atoms in total. The Morgan fingerprint density at radius 3 is 2.39 bits per heavy atom. The van der Waals surface area contributed by atoms with Crippen LogP contribution in [0.4, 0.5) is 0 Å². The maximum absolute atomic E-state index is 6.63. The predicted molar refractivity (Wildman–Crippen MR) is 98.9 cm³/mol. The third kappa shape index (κ3) is 5.15. The Hall–Kier alpha value is -0.683. The maximum atomic E-state index is 6.63. The van der Waals surface area contributed by atoms with Crippen molar-refractivity contribution in [3.05, 3.63) is 35.9 Å². The molecule has 2 N–H and O–H groups in total. The summed E-state index contributed by atoms with van der Waals surface area (Å²) in [6.07, 6.45) is 2.22. The lowest BCUT2D eigenvalue weighted by Gasteiger charge is -2.39. The molecule has 130 valence electrons. The van der Waals surface area contributed by atoms with Gasteiger partial charge in [-0.15, -0.1) is 0 Å². The molecule has 4 heteroatoms. The number of benzene rings is 1. The molecule has 1 aromatic carbocycles. The van der Waals surface area contributed by atoms with Gasteiger partial charge >= 0.3 is 0 Å². The van der Waals surface area contributed by atoms with Crippen molar-refractivity contribution in [2.24, 2.45) is 11.7 Å². The molecule has 0 amide bonds. The predicted octanol–water partition coefficient (Wildman–Crippen LogP) is 4.33. The Labute approximate surface area is 142 Å². The lowest BCUT2D eigenvalue weighted by Crippen LogP contribution is -2.45. The van der Waals surface area contributed by atoms with E-state index in [1.54, 1.807) is 0 Å². The van der Waals surface area contributed by atoms with Crippen molar-refractivity contribution in [1.29, 1.82) is 0 Å². The minimum Gasteiger partial charge on any atom is -0.414 e. The van der Waals surface area contributed by atoms with E-state index in [0.29, 0.717) is 12.5 Å². The lowest BCUT2D eigenvalue weighted by atomic mass is 10.1. The largest absolute Gasteiger partial charge is 0.414 e. The van der Waals surface area contributed by atoms with Crippen molar-refractivity contribution in [2.75, 3.05) is 6.61 Å². The lowest BCUT2D eigenvalue weighted by molar-refractivity contribution is 0.0412. The minimum atomic E-state index is -1.76. The summed E-state index contributed by atoms with van der Waals surface area (Å²) in [5, 5.41) is 0.231. The molecule has 3 atom stereocenters. The van der Waals surface area contributed by atoms with Gasteiger partial charge in [0.1, 0.15) is 0 Å². The first-order chi connectivity index (χ1) is 10.7. The van der Waals surface area contributed by atoms with Crippen molar-refractivity contribution < 1.29 is 9.16 Å². The van der Waals surface area contributed by atoms with Gasteiger partial charge in [0.05, 0.1) is 19.3 Å². The van der Waals surface area contributed by atoms with E-state index in [9.17, 15) is 0 Å². The number of hydrogen-bond donors (Lipinski definition) is 1. The maximum Gasteiger partial charge on any atom is 0.192 e. The van der Waals surface area contributed by atoms with E-state index >= 15 is 0 Å². The highest BCUT2D eigenvalue weighted by Crippen LogP contribution is 2.40. The zero-order valence-electron chi connectivity index (χ0n) is 15.3. The summed E-state index contributed by atoms with van der Waals surface area (Å²) >= 11 is 0. The van der Waals surface area contributed by atoms with Gasteiger partial charge in [0.2, 0.25) is 0 Å². The summed E-state index contributed by atoms with van der Waals surface area (Å²) in [7, 11) is -1.76. The molecule has 0 aliphatic heterocycles. The van der Waals surface area contributed by atoms with E-state index in [-0.39, 0.29) is 17.2 Å². The van der Waals surface area contributed by atoms with Gasteiger partial charge in [-0.05, 0) is 36.5 Å². The highest BCUT2D eigenvalue weighted by atomic mass is 28.4. The summed E-state index contributed by atoms with van der Waals surface area (Å²) < 4.78 is 12.6. The summed E-state index contributed by atoms with van der Waals surface area (Å²) in [4.78, 5) is 0. The Kier molecular flexibility index (Phi) is 6.06. The number of rotatable bonds is 6. The number of ether oxygens (including phenoxy) is 1. The third-order valence-corrected chi connectivity index (χ3v) is 9.87. The summed E-state index contributed by atoms with van der Waals surface area (Å²) in [5.41, 5.74) is 7.43. The quantitative estimate of drug-likeness (QED) is 0.787. The molecule has 0 bridgehead atoms. The van der Waals surface area contributed by atoms with E-state index in [1.807, 2.05) is 18.2 Å². The number of nitrogens with two attached hydrogens (primary N) is 1. The standard InChI is InChI=1S/C19H33NO2Si/c1-19(2,3)23(4,5)22-18-12-17(20)11-16(18)14-21-13-15-9-7-6-8-10-15/h6-10,16-18H,11-14,20H2,1-5H3/t16-,17+,18-/m0/s1. The van der Waals surface area contributed by atoms with Crippen LogP contribution in [0.1, 0.15) is 39.2 Å². The molecule has 0 unspecified atom stereocenters. The first-order valence-electron chi connectivity index (χ1n) is 8.74. The molecule has 0 radical (unpaired) electrons. The Bertz CT molecular complexity index is 484. The van der Waals surface area contributed by atoms with Gasteiger partial charge in [-0.2, -0.15) is 0 Å². The summed E-state index contributed by atoms with van der Waals surface area (Å²) in [6.45, 7) is 12.9. The van der Waals surface area contributed by atoms with Crippen LogP contribution >= 0.6 is 0 Å². The molecule has 1 aliphatic rings. The molecule has 1 aromatic rings. The highest BCUT2D eigenvalue weighted by Gasteiger charge is 2.43. The second kappa shape index (κ2) is 7.47. The average Bonchev–Trinajstić information content (AvgIpc) is 2.78. The van der Waals surface area contributed by atoms with Crippen molar-refractivity contribution in [3.8, 4) is 0 Å². The highest BCUT2D eigenvalue weighted by molar-refractivity contribution is 6.74. The van der Waals surface area contributed by atoms with Crippen LogP contribution < -0.4 is 5.73 Å². The smallest absolute Gasteiger partial charge is 0.192 e. The Morgan fingerprint density at radius 1 is 1.13 bits per heavy atom. The van der Waals surface area contributed by atoms with Gasteiger partial charge in [-0.25, -0.2) is 0 Å². The molecule has 0 saturated heterocycles. The Morgan fingerprint density at radius 2 is 1.78 bits per heavy atom. The van der Waals surface area contributed by atoms with Crippen molar-refractivity contribution in [1.82, 2.24) is 0 Å². The zero-order valence-corrected chi connectivity index (χ0v) is 16.3. The zero-order chi connectivity index (χ0) is 17.1. The molecule has 0 heterocycles. The van der Waals surface area contributed by atoms with Crippen LogP contribution in [0.25, 0.3) is 0 Å². The van der Waals surface area contributed by atoms with E-state index in [4.69, 9.17) is 14.9 Å². The fraction of sp³-hybridized carbons (Fsp3) is 0.684. The van der Waals surface area contributed by atoms with Crippen LogP contribution in [0.5, 0.6) is 0 Å². The second-order valence-electron chi connectivity index (χ2n) is 8.41. The molecule has 23 heavy (non-hydrogen) atoms. The third-order valence-electron chi connectivity index (χ3n) is 5.36. The van der Waals surface area contributed by atoms with Crippen LogP contribution in [0.3, 0.4) is 0 Å². The van der Waals surface area contributed by atoms with Crippen molar-refractivity contribution in [2.45, 2.75) is 70.5 Å². The van der Waals surface area contributed by atoms with Crippen LogP contribution in [-0.2, 0) is 15.8 Å². The van der Waals surface area contributed by atoms with Crippen LogP contribution in [0, 0.1) is 5.92 Å². The first kappa shape index (κ1) is 18.7. The molecular formula is C19H33NO2Si. The summed E-state index contributed by atoms with van der Waals surface area (Å²) in [5.74, 6) is 0.419. The molecule has 0 aromatic heterocycles. The monoisotopic (exact) mass is 335 g/mol. The molecule has 1 saturated carbocycles. The van der Waals surface area contributed by atoms with Crippen molar-refractivity contribution in [3.63, 3.8) is 0 Å².